The van der Waals surface area contributed by atoms with Gasteiger partial charge in [-0.3, -0.25) is 9.88 Å². The Labute approximate surface area is 152 Å². The number of thiophene rings is 1. The van der Waals surface area contributed by atoms with Gasteiger partial charge in [0.2, 0.25) is 0 Å². The fourth-order valence-corrected chi connectivity index (χ4v) is 3.95. The number of hydrogen-bond donors (Lipinski definition) is 0. The summed E-state index contributed by atoms with van der Waals surface area (Å²) in [4.78, 5) is 6.87. The maximum absolute atomic E-state index is 11.6. The van der Waals surface area contributed by atoms with Crippen LogP contribution in [0.5, 0.6) is 0 Å². The van der Waals surface area contributed by atoms with Gasteiger partial charge in [-0.25, -0.2) is 8.42 Å². The molecule has 0 atom stereocenters. The van der Waals surface area contributed by atoms with E-state index in [2.05, 4.69) is 32.8 Å². The molecule has 3 rings (SSSR count). The lowest BCUT2D eigenvalue weighted by molar-refractivity contribution is 0.247. The lowest BCUT2D eigenvalue weighted by atomic mass is 10.1. The highest BCUT2D eigenvalue weighted by Crippen LogP contribution is 2.17. The van der Waals surface area contributed by atoms with Crippen LogP contribution in [0.2, 0.25) is 0 Å². The van der Waals surface area contributed by atoms with Crippen LogP contribution in [0, 0.1) is 0 Å². The normalized spacial score (nSPS) is 11.8. The van der Waals surface area contributed by atoms with Crippen LogP contribution in [0.1, 0.15) is 16.7 Å². The SMILES string of the molecule is CS(=O)(=O)c1ccc(CN(Cc2cccnc2)Cc2ccsc2)cc1. The molecule has 0 aliphatic heterocycles. The van der Waals surface area contributed by atoms with Crippen molar-refractivity contribution in [2.45, 2.75) is 24.5 Å². The quantitative estimate of drug-likeness (QED) is 0.634. The first-order valence-corrected chi connectivity index (χ1v) is 10.8. The number of aromatic nitrogens is 1. The molecule has 3 aromatic rings. The highest BCUT2D eigenvalue weighted by molar-refractivity contribution is 7.90. The molecule has 130 valence electrons. The van der Waals surface area contributed by atoms with Gasteiger partial charge in [0.05, 0.1) is 4.90 Å². The van der Waals surface area contributed by atoms with Crippen molar-refractivity contribution in [3.63, 3.8) is 0 Å². The van der Waals surface area contributed by atoms with Crippen LogP contribution in [-0.4, -0.2) is 24.6 Å². The minimum atomic E-state index is -3.16. The summed E-state index contributed by atoms with van der Waals surface area (Å²) in [7, 11) is -3.16. The third-order valence-electron chi connectivity index (χ3n) is 3.87. The summed E-state index contributed by atoms with van der Waals surface area (Å²) in [5.41, 5.74) is 3.53. The van der Waals surface area contributed by atoms with Gasteiger partial charge in [-0.2, -0.15) is 11.3 Å². The molecule has 1 aromatic carbocycles. The van der Waals surface area contributed by atoms with Crippen LogP contribution >= 0.6 is 11.3 Å². The molecular formula is C19H20N2O2S2. The van der Waals surface area contributed by atoms with Crippen molar-refractivity contribution in [3.8, 4) is 0 Å². The van der Waals surface area contributed by atoms with Crippen molar-refractivity contribution in [1.29, 1.82) is 0 Å². The maximum atomic E-state index is 11.6. The summed E-state index contributed by atoms with van der Waals surface area (Å²) in [6.45, 7) is 2.37. The van der Waals surface area contributed by atoms with E-state index in [0.29, 0.717) is 4.90 Å². The Morgan fingerprint density at radius 1 is 0.960 bits per heavy atom. The second-order valence-electron chi connectivity index (χ2n) is 6.05. The van der Waals surface area contributed by atoms with Gasteiger partial charge < -0.3 is 0 Å². The average molecular weight is 373 g/mol. The number of benzene rings is 1. The Balaban J connectivity index is 1.76. The fourth-order valence-electron chi connectivity index (χ4n) is 2.66. The molecule has 25 heavy (non-hydrogen) atoms. The van der Waals surface area contributed by atoms with Gasteiger partial charge in [0.1, 0.15) is 0 Å². The predicted molar refractivity (Wildman–Crippen MR) is 101 cm³/mol. The zero-order chi connectivity index (χ0) is 17.7. The van der Waals surface area contributed by atoms with Crippen molar-refractivity contribution in [2.24, 2.45) is 0 Å². The molecule has 2 aromatic heterocycles. The molecule has 0 N–H and O–H groups in total. The highest BCUT2D eigenvalue weighted by Gasteiger charge is 2.11. The summed E-state index contributed by atoms with van der Waals surface area (Å²) in [6.07, 6.45) is 4.89. The minimum absolute atomic E-state index is 0.355. The first-order valence-electron chi connectivity index (χ1n) is 7.92. The monoisotopic (exact) mass is 372 g/mol. The molecule has 0 fully saturated rings. The molecule has 0 spiro atoms. The number of pyridine rings is 1. The molecule has 0 bridgehead atoms. The van der Waals surface area contributed by atoms with Crippen LogP contribution in [0.15, 0.2) is 70.5 Å². The summed E-state index contributed by atoms with van der Waals surface area (Å²) in [5, 5.41) is 4.24. The molecule has 4 nitrogen and oxygen atoms in total. The average Bonchev–Trinajstić information content (AvgIpc) is 3.08. The van der Waals surface area contributed by atoms with E-state index >= 15 is 0 Å². The molecule has 0 saturated carbocycles. The van der Waals surface area contributed by atoms with E-state index in [1.807, 2.05) is 24.4 Å². The Bertz CT molecular complexity index is 890. The van der Waals surface area contributed by atoms with Crippen LogP contribution in [0.3, 0.4) is 0 Å². The van der Waals surface area contributed by atoms with Crippen LogP contribution in [-0.2, 0) is 29.5 Å². The Morgan fingerprint density at radius 2 is 1.68 bits per heavy atom. The Hall–Kier alpha value is -2.02. The number of rotatable bonds is 7. The maximum Gasteiger partial charge on any atom is 0.175 e. The molecule has 0 aliphatic rings. The van der Waals surface area contributed by atoms with Gasteiger partial charge in [-0.1, -0.05) is 18.2 Å². The molecule has 0 saturated heterocycles. The third kappa shape index (κ3) is 5.22. The van der Waals surface area contributed by atoms with Gasteiger partial charge in [0.25, 0.3) is 0 Å². The van der Waals surface area contributed by atoms with E-state index in [1.165, 1.54) is 11.8 Å². The first-order chi connectivity index (χ1) is 12.0. The van der Waals surface area contributed by atoms with E-state index in [1.54, 1.807) is 29.7 Å². The fraction of sp³-hybridized carbons (Fsp3) is 0.211. The van der Waals surface area contributed by atoms with Gasteiger partial charge >= 0.3 is 0 Å². The minimum Gasteiger partial charge on any atom is -0.290 e. The van der Waals surface area contributed by atoms with Crippen molar-refractivity contribution >= 4 is 21.2 Å². The van der Waals surface area contributed by atoms with Crippen LogP contribution < -0.4 is 0 Å². The summed E-state index contributed by atoms with van der Waals surface area (Å²) in [6, 6.07) is 13.3. The molecule has 0 amide bonds. The van der Waals surface area contributed by atoms with Crippen molar-refractivity contribution in [1.82, 2.24) is 9.88 Å². The zero-order valence-corrected chi connectivity index (χ0v) is 15.6. The first kappa shape index (κ1) is 17.8. The zero-order valence-electron chi connectivity index (χ0n) is 14.0. The van der Waals surface area contributed by atoms with Crippen molar-refractivity contribution in [2.75, 3.05) is 6.26 Å². The highest BCUT2D eigenvalue weighted by atomic mass is 32.2. The van der Waals surface area contributed by atoms with Crippen molar-refractivity contribution in [3.05, 3.63) is 82.3 Å². The molecule has 0 aliphatic carbocycles. The van der Waals surface area contributed by atoms with Crippen molar-refractivity contribution < 1.29 is 8.42 Å². The van der Waals surface area contributed by atoms with Crippen LogP contribution in [0.4, 0.5) is 0 Å². The largest absolute Gasteiger partial charge is 0.290 e. The van der Waals surface area contributed by atoms with Gasteiger partial charge in [0.15, 0.2) is 9.84 Å². The summed E-state index contributed by atoms with van der Waals surface area (Å²) < 4.78 is 23.2. The summed E-state index contributed by atoms with van der Waals surface area (Å²) >= 11 is 1.69. The summed E-state index contributed by atoms with van der Waals surface area (Å²) in [5.74, 6) is 0. The van der Waals surface area contributed by atoms with E-state index in [4.69, 9.17) is 0 Å². The second kappa shape index (κ2) is 7.91. The number of nitrogens with zero attached hydrogens (tertiary/aromatic N) is 2. The number of hydrogen-bond acceptors (Lipinski definition) is 5. The lowest BCUT2D eigenvalue weighted by Crippen LogP contribution is -2.22. The predicted octanol–water partition coefficient (Wildman–Crippen LogP) is 3.75. The van der Waals surface area contributed by atoms with Gasteiger partial charge in [-0.15, -0.1) is 0 Å². The molecule has 0 unspecified atom stereocenters. The van der Waals surface area contributed by atoms with E-state index in [-0.39, 0.29) is 0 Å². The van der Waals surface area contributed by atoms with E-state index in [9.17, 15) is 8.42 Å². The molecular weight excluding hydrogens is 352 g/mol. The topological polar surface area (TPSA) is 50.3 Å². The Kier molecular flexibility index (Phi) is 5.63. The molecule has 6 heteroatoms. The van der Waals surface area contributed by atoms with Crippen LogP contribution in [0.25, 0.3) is 0 Å². The lowest BCUT2D eigenvalue weighted by Gasteiger charge is -2.22. The Morgan fingerprint density at radius 3 is 2.28 bits per heavy atom. The molecule has 2 heterocycles. The second-order valence-corrected chi connectivity index (χ2v) is 8.85. The van der Waals surface area contributed by atoms with Gasteiger partial charge in [-0.05, 0) is 51.7 Å². The van der Waals surface area contributed by atoms with E-state index in [0.717, 1.165) is 30.8 Å². The van der Waals surface area contributed by atoms with Gasteiger partial charge in [0, 0.05) is 38.3 Å². The standard InChI is InChI=1S/C19H20N2O2S2/c1-25(22,23)19-6-4-16(5-7-19)12-21(14-18-8-10-24-15-18)13-17-3-2-9-20-11-17/h2-11,15H,12-14H2,1H3. The smallest absolute Gasteiger partial charge is 0.175 e. The number of sulfone groups is 1. The molecule has 0 radical (unpaired) electrons. The third-order valence-corrected chi connectivity index (χ3v) is 5.73. The van der Waals surface area contributed by atoms with E-state index < -0.39 is 9.84 Å².